The zero-order chi connectivity index (χ0) is 14.3. The molecule has 0 bridgehead atoms. The molecule has 3 rings (SSSR count). The van der Waals surface area contributed by atoms with Crippen molar-refractivity contribution in [1.29, 1.82) is 0 Å². The summed E-state index contributed by atoms with van der Waals surface area (Å²) in [6, 6.07) is 4.93. The van der Waals surface area contributed by atoms with Crippen LogP contribution >= 0.6 is 15.9 Å². The number of nitrogen functional groups attached to an aromatic ring is 1. The summed E-state index contributed by atoms with van der Waals surface area (Å²) in [6.45, 7) is 0. The van der Waals surface area contributed by atoms with Gasteiger partial charge < -0.3 is 16.2 Å². The van der Waals surface area contributed by atoms with Crippen molar-refractivity contribution in [3.05, 3.63) is 28.5 Å². The number of pyridine rings is 1. The second-order valence-electron chi connectivity index (χ2n) is 5.18. The maximum atomic E-state index is 14.2. The fourth-order valence-electron chi connectivity index (χ4n) is 2.73. The zero-order valence-corrected chi connectivity index (χ0v) is 12.3. The molecule has 1 fully saturated rings. The maximum absolute atomic E-state index is 14.2. The monoisotopic (exact) mass is 339 g/mol. The summed E-state index contributed by atoms with van der Waals surface area (Å²) in [5.41, 5.74) is 6.94. The summed E-state index contributed by atoms with van der Waals surface area (Å²) in [7, 11) is 0. The quantitative estimate of drug-likeness (QED) is 0.786. The number of nitrogens with two attached hydrogens (primary N) is 1. The predicted octanol–water partition coefficient (Wildman–Crippen LogP) is 3.04. The largest absolute Gasteiger partial charge is 0.393 e. The second kappa shape index (κ2) is 5.18. The van der Waals surface area contributed by atoms with Crippen LogP contribution in [0, 0.1) is 5.82 Å². The Balaban J connectivity index is 2.05. The lowest BCUT2D eigenvalue weighted by molar-refractivity contribution is 0.182. The number of nitrogens with zero attached hydrogens (tertiary/aromatic N) is 1. The summed E-state index contributed by atoms with van der Waals surface area (Å²) in [5.74, 6) is -0.000958. The molecule has 6 heteroatoms. The van der Waals surface area contributed by atoms with Gasteiger partial charge in [-0.1, -0.05) is 15.9 Å². The lowest BCUT2D eigenvalue weighted by atomic mass is 10.1. The van der Waals surface area contributed by atoms with Crippen molar-refractivity contribution in [2.75, 3.05) is 11.1 Å². The van der Waals surface area contributed by atoms with E-state index in [9.17, 15) is 9.50 Å². The number of nitrogens with one attached hydrogen (secondary N) is 1. The second-order valence-corrected chi connectivity index (χ2v) is 6.10. The van der Waals surface area contributed by atoms with Gasteiger partial charge in [0, 0.05) is 16.6 Å². The first-order valence-corrected chi connectivity index (χ1v) is 7.32. The van der Waals surface area contributed by atoms with E-state index in [1.165, 1.54) is 6.07 Å². The molecule has 1 aromatic carbocycles. The number of hydrogen-bond acceptors (Lipinski definition) is 4. The smallest absolute Gasteiger partial charge is 0.135 e. The molecule has 1 aliphatic rings. The summed E-state index contributed by atoms with van der Waals surface area (Å²) < 4.78 is 14.8. The molecule has 1 heterocycles. The fraction of sp³-hybridized carbons (Fsp3) is 0.357. The molecule has 20 heavy (non-hydrogen) atoms. The Morgan fingerprint density at radius 3 is 2.85 bits per heavy atom. The van der Waals surface area contributed by atoms with Gasteiger partial charge in [-0.05, 0) is 31.4 Å². The van der Waals surface area contributed by atoms with Crippen LogP contribution in [0.15, 0.2) is 22.7 Å². The highest BCUT2D eigenvalue weighted by Gasteiger charge is 2.23. The molecule has 0 spiro atoms. The standard InChI is InChI=1S/C14H15BrFN3O/c15-7-3-10(16)14-11(4-7)19-13(17)6-12(14)18-8-1-2-9(20)5-8/h3-4,6,8-9,20H,1-2,5H2,(H3,17,18,19)/t8-,9-/m0/s1. The van der Waals surface area contributed by atoms with Gasteiger partial charge in [-0.15, -0.1) is 0 Å². The average Bonchev–Trinajstić information content (AvgIpc) is 2.72. The molecule has 0 saturated heterocycles. The van der Waals surface area contributed by atoms with E-state index in [-0.39, 0.29) is 18.0 Å². The van der Waals surface area contributed by atoms with Gasteiger partial charge in [0.2, 0.25) is 0 Å². The van der Waals surface area contributed by atoms with E-state index in [4.69, 9.17) is 5.73 Å². The van der Waals surface area contributed by atoms with E-state index in [1.807, 2.05) is 0 Å². The van der Waals surface area contributed by atoms with Crippen LogP contribution in [-0.4, -0.2) is 22.2 Å². The van der Waals surface area contributed by atoms with Gasteiger partial charge in [0.15, 0.2) is 0 Å². The molecule has 0 aliphatic heterocycles. The molecule has 1 saturated carbocycles. The fourth-order valence-corrected chi connectivity index (χ4v) is 3.15. The predicted molar refractivity (Wildman–Crippen MR) is 81.1 cm³/mol. The highest BCUT2D eigenvalue weighted by atomic mass is 79.9. The molecular formula is C14H15BrFN3O. The first-order valence-electron chi connectivity index (χ1n) is 6.53. The third-order valence-corrected chi connectivity index (χ3v) is 4.07. The number of rotatable bonds is 2. The Morgan fingerprint density at radius 2 is 2.15 bits per heavy atom. The van der Waals surface area contributed by atoms with E-state index >= 15 is 0 Å². The number of hydrogen-bond donors (Lipinski definition) is 3. The molecule has 4 nitrogen and oxygen atoms in total. The van der Waals surface area contributed by atoms with Gasteiger partial charge in [0.25, 0.3) is 0 Å². The van der Waals surface area contributed by atoms with Crippen molar-refractivity contribution >= 4 is 38.3 Å². The zero-order valence-electron chi connectivity index (χ0n) is 10.7. The van der Waals surface area contributed by atoms with Crippen molar-refractivity contribution in [3.63, 3.8) is 0 Å². The van der Waals surface area contributed by atoms with Crippen LogP contribution in [0.2, 0.25) is 0 Å². The van der Waals surface area contributed by atoms with E-state index in [1.54, 1.807) is 12.1 Å². The van der Waals surface area contributed by atoms with Gasteiger partial charge >= 0.3 is 0 Å². The van der Waals surface area contributed by atoms with Crippen molar-refractivity contribution in [2.24, 2.45) is 0 Å². The van der Waals surface area contributed by atoms with Crippen molar-refractivity contribution in [1.82, 2.24) is 4.98 Å². The van der Waals surface area contributed by atoms with Crippen LogP contribution in [0.1, 0.15) is 19.3 Å². The van der Waals surface area contributed by atoms with Crippen LogP contribution in [0.3, 0.4) is 0 Å². The molecule has 0 unspecified atom stereocenters. The molecule has 4 N–H and O–H groups in total. The molecule has 0 amide bonds. The number of anilines is 2. The molecular weight excluding hydrogens is 325 g/mol. The first kappa shape index (κ1) is 13.6. The summed E-state index contributed by atoms with van der Waals surface area (Å²) in [6.07, 6.45) is 2.02. The Morgan fingerprint density at radius 1 is 1.35 bits per heavy atom. The molecule has 2 aromatic rings. The van der Waals surface area contributed by atoms with E-state index in [0.29, 0.717) is 33.3 Å². The van der Waals surface area contributed by atoms with Crippen LogP contribution in [0.25, 0.3) is 10.9 Å². The van der Waals surface area contributed by atoms with Gasteiger partial charge in [-0.25, -0.2) is 9.37 Å². The average molecular weight is 340 g/mol. The molecule has 1 aromatic heterocycles. The van der Waals surface area contributed by atoms with Crippen molar-refractivity contribution in [2.45, 2.75) is 31.4 Å². The SMILES string of the molecule is Nc1cc(N[C@H]2CC[C@H](O)C2)c2c(F)cc(Br)cc2n1. The highest BCUT2D eigenvalue weighted by Crippen LogP contribution is 2.32. The summed E-state index contributed by atoms with van der Waals surface area (Å²) in [5, 5.41) is 13.3. The lowest BCUT2D eigenvalue weighted by Crippen LogP contribution is -2.17. The number of aliphatic hydroxyl groups excluding tert-OH is 1. The number of halogens is 2. The third kappa shape index (κ3) is 2.58. The van der Waals surface area contributed by atoms with Crippen LogP contribution in [0.5, 0.6) is 0 Å². The molecule has 2 atom stereocenters. The number of aliphatic hydroxyl groups is 1. The number of aromatic nitrogens is 1. The minimum absolute atomic E-state index is 0.137. The van der Waals surface area contributed by atoms with Crippen molar-refractivity contribution in [3.8, 4) is 0 Å². The Kier molecular flexibility index (Phi) is 3.52. The Labute approximate surface area is 124 Å². The molecule has 1 aliphatic carbocycles. The van der Waals surface area contributed by atoms with Crippen LogP contribution in [0.4, 0.5) is 15.9 Å². The number of fused-ring (bicyclic) bond motifs is 1. The highest BCUT2D eigenvalue weighted by molar-refractivity contribution is 9.10. The Hall–Kier alpha value is -1.40. The summed E-state index contributed by atoms with van der Waals surface area (Å²) >= 11 is 3.25. The van der Waals surface area contributed by atoms with Crippen molar-refractivity contribution < 1.29 is 9.50 Å². The number of benzene rings is 1. The topological polar surface area (TPSA) is 71.2 Å². The minimum atomic E-state index is -0.345. The van der Waals surface area contributed by atoms with Crippen LogP contribution in [-0.2, 0) is 0 Å². The normalized spacial score (nSPS) is 22.4. The minimum Gasteiger partial charge on any atom is -0.393 e. The molecule has 106 valence electrons. The van der Waals surface area contributed by atoms with E-state index < -0.39 is 0 Å². The Bertz CT molecular complexity index is 659. The third-order valence-electron chi connectivity index (χ3n) is 3.61. The molecule has 0 radical (unpaired) electrons. The lowest BCUT2D eigenvalue weighted by Gasteiger charge is -2.16. The van der Waals surface area contributed by atoms with E-state index in [2.05, 4.69) is 26.2 Å². The summed E-state index contributed by atoms with van der Waals surface area (Å²) in [4.78, 5) is 4.17. The van der Waals surface area contributed by atoms with Gasteiger partial charge in [0.05, 0.1) is 22.7 Å². The maximum Gasteiger partial charge on any atom is 0.135 e. The van der Waals surface area contributed by atoms with Crippen LogP contribution < -0.4 is 11.1 Å². The van der Waals surface area contributed by atoms with Gasteiger partial charge in [-0.3, -0.25) is 0 Å². The van der Waals surface area contributed by atoms with Gasteiger partial charge in [-0.2, -0.15) is 0 Å². The van der Waals surface area contributed by atoms with E-state index in [0.717, 1.165) is 12.8 Å². The van der Waals surface area contributed by atoms with Gasteiger partial charge in [0.1, 0.15) is 11.6 Å². The first-order chi connectivity index (χ1) is 9.52.